The molecule has 104 valence electrons. The molecule has 0 N–H and O–H groups in total. The lowest BCUT2D eigenvalue weighted by molar-refractivity contribution is 0.655. The van der Waals surface area contributed by atoms with Gasteiger partial charge in [-0.2, -0.15) is 10.2 Å². The van der Waals surface area contributed by atoms with Crippen LogP contribution in [0.4, 0.5) is 0 Å². The minimum Gasteiger partial charge on any atom is -0.155 e. The molecule has 20 heavy (non-hydrogen) atoms. The van der Waals surface area contributed by atoms with Gasteiger partial charge in [0.25, 0.3) is 0 Å². The van der Waals surface area contributed by atoms with E-state index in [1.165, 1.54) is 24.0 Å². The summed E-state index contributed by atoms with van der Waals surface area (Å²) in [6, 6.07) is 13.2. The Labute approximate surface area is 121 Å². The maximum Gasteiger partial charge on any atom is 0.0656 e. The van der Waals surface area contributed by atoms with Gasteiger partial charge in [-0.15, -0.1) is 0 Å². The van der Waals surface area contributed by atoms with Gasteiger partial charge in [0.15, 0.2) is 0 Å². The van der Waals surface area contributed by atoms with Gasteiger partial charge in [-0.25, -0.2) is 0 Å². The molecule has 2 aromatic rings. The average Bonchev–Trinajstić information content (AvgIpc) is 3.21. The summed E-state index contributed by atoms with van der Waals surface area (Å²) in [4.78, 5) is 0. The van der Waals surface area contributed by atoms with Gasteiger partial charge in [0.1, 0.15) is 0 Å². The number of hydrogen-bond donors (Lipinski definition) is 0. The first kappa shape index (κ1) is 13.3. The third-order valence-electron chi connectivity index (χ3n) is 4.37. The highest BCUT2D eigenvalue weighted by Gasteiger charge is 2.44. The fraction of sp³-hybridized carbons (Fsp3) is 0.444. The molecule has 1 aliphatic carbocycles. The zero-order chi connectivity index (χ0) is 14.2. The van der Waals surface area contributed by atoms with Crippen LogP contribution >= 0.6 is 0 Å². The molecule has 2 heteroatoms. The second kappa shape index (κ2) is 5.01. The van der Waals surface area contributed by atoms with Crippen LogP contribution in [-0.4, -0.2) is 10.2 Å². The summed E-state index contributed by atoms with van der Waals surface area (Å²) >= 11 is 0. The van der Waals surface area contributed by atoms with Crippen LogP contribution in [0.3, 0.4) is 0 Å². The second-order valence-corrected chi connectivity index (χ2v) is 6.43. The number of benzene rings is 1. The fourth-order valence-corrected chi connectivity index (χ4v) is 2.74. The lowest BCUT2D eigenvalue weighted by Gasteiger charge is -2.15. The molecule has 0 atom stereocenters. The number of hydrogen-bond acceptors (Lipinski definition) is 2. The Kier molecular flexibility index (Phi) is 3.33. The van der Waals surface area contributed by atoms with E-state index in [0.29, 0.717) is 11.3 Å². The Bertz CT molecular complexity index is 578. The molecule has 0 saturated heterocycles. The highest BCUT2D eigenvalue weighted by molar-refractivity contribution is 5.35. The first-order chi connectivity index (χ1) is 9.59. The molecule has 0 radical (unpaired) electrons. The average molecular weight is 266 g/mol. The van der Waals surface area contributed by atoms with Gasteiger partial charge in [-0.05, 0) is 43.4 Å². The SMILES string of the molecule is Cc1ccc(C2(Cc3ccc(C(C)C)nn3)CC2)cc1. The summed E-state index contributed by atoms with van der Waals surface area (Å²) in [6.45, 7) is 6.44. The quantitative estimate of drug-likeness (QED) is 0.829. The van der Waals surface area contributed by atoms with Gasteiger partial charge in [-0.3, -0.25) is 0 Å². The largest absolute Gasteiger partial charge is 0.155 e. The van der Waals surface area contributed by atoms with Crippen molar-refractivity contribution in [3.05, 3.63) is 58.9 Å². The summed E-state index contributed by atoms with van der Waals surface area (Å²) in [5, 5.41) is 8.77. The summed E-state index contributed by atoms with van der Waals surface area (Å²) in [5.74, 6) is 0.448. The van der Waals surface area contributed by atoms with Gasteiger partial charge >= 0.3 is 0 Å². The Hall–Kier alpha value is -1.70. The molecule has 0 spiro atoms. The van der Waals surface area contributed by atoms with Gasteiger partial charge < -0.3 is 0 Å². The Balaban J connectivity index is 1.78. The van der Waals surface area contributed by atoms with Gasteiger partial charge in [0.05, 0.1) is 11.4 Å². The lowest BCUT2D eigenvalue weighted by Crippen LogP contribution is -2.12. The molecule has 1 aliphatic rings. The number of nitrogens with zero attached hydrogens (tertiary/aromatic N) is 2. The van der Waals surface area contributed by atoms with E-state index < -0.39 is 0 Å². The molecule has 1 heterocycles. The van der Waals surface area contributed by atoms with Crippen LogP contribution in [0.25, 0.3) is 0 Å². The van der Waals surface area contributed by atoms with Crippen molar-refractivity contribution in [3.63, 3.8) is 0 Å². The van der Waals surface area contributed by atoms with Crippen molar-refractivity contribution in [1.29, 1.82) is 0 Å². The molecular formula is C18H22N2. The summed E-state index contributed by atoms with van der Waals surface area (Å²) < 4.78 is 0. The smallest absolute Gasteiger partial charge is 0.0656 e. The molecule has 1 aromatic carbocycles. The van der Waals surface area contributed by atoms with Crippen LogP contribution in [0, 0.1) is 6.92 Å². The van der Waals surface area contributed by atoms with Crippen LogP contribution in [0.1, 0.15) is 55.1 Å². The topological polar surface area (TPSA) is 25.8 Å². The van der Waals surface area contributed by atoms with Gasteiger partial charge in [0.2, 0.25) is 0 Å². The minimum absolute atomic E-state index is 0.321. The summed E-state index contributed by atoms with van der Waals surface area (Å²) in [7, 11) is 0. The van der Waals surface area contributed by atoms with E-state index in [0.717, 1.165) is 17.8 Å². The first-order valence-corrected chi connectivity index (χ1v) is 7.49. The minimum atomic E-state index is 0.321. The normalized spacial score (nSPS) is 16.4. The van der Waals surface area contributed by atoms with Crippen molar-refractivity contribution in [2.45, 2.75) is 51.4 Å². The predicted molar refractivity (Wildman–Crippen MR) is 81.9 cm³/mol. The van der Waals surface area contributed by atoms with Crippen molar-refractivity contribution in [2.24, 2.45) is 0 Å². The molecule has 3 rings (SSSR count). The van der Waals surface area contributed by atoms with Crippen molar-refractivity contribution in [1.82, 2.24) is 10.2 Å². The van der Waals surface area contributed by atoms with Crippen molar-refractivity contribution in [3.8, 4) is 0 Å². The maximum absolute atomic E-state index is 4.42. The molecule has 0 aliphatic heterocycles. The molecule has 0 bridgehead atoms. The molecule has 1 saturated carbocycles. The number of aromatic nitrogens is 2. The Morgan fingerprint density at radius 1 is 1.00 bits per heavy atom. The van der Waals surface area contributed by atoms with Crippen LogP contribution in [0.5, 0.6) is 0 Å². The van der Waals surface area contributed by atoms with Crippen molar-refractivity contribution >= 4 is 0 Å². The van der Waals surface area contributed by atoms with E-state index >= 15 is 0 Å². The number of aryl methyl sites for hydroxylation is 1. The molecule has 2 nitrogen and oxygen atoms in total. The van der Waals surface area contributed by atoms with E-state index in [2.05, 4.69) is 67.4 Å². The van der Waals surface area contributed by atoms with E-state index in [1.54, 1.807) is 0 Å². The monoisotopic (exact) mass is 266 g/mol. The fourth-order valence-electron chi connectivity index (χ4n) is 2.74. The molecule has 1 aromatic heterocycles. The summed E-state index contributed by atoms with van der Waals surface area (Å²) in [5.41, 5.74) is 5.30. The van der Waals surface area contributed by atoms with Crippen LogP contribution in [0.15, 0.2) is 36.4 Å². The summed E-state index contributed by atoms with van der Waals surface area (Å²) in [6.07, 6.45) is 3.55. The Morgan fingerprint density at radius 3 is 2.20 bits per heavy atom. The van der Waals surface area contributed by atoms with Crippen molar-refractivity contribution in [2.75, 3.05) is 0 Å². The second-order valence-electron chi connectivity index (χ2n) is 6.43. The van der Waals surface area contributed by atoms with Crippen molar-refractivity contribution < 1.29 is 0 Å². The van der Waals surface area contributed by atoms with E-state index in [-0.39, 0.29) is 0 Å². The van der Waals surface area contributed by atoms with Crippen LogP contribution in [-0.2, 0) is 11.8 Å². The predicted octanol–water partition coefficient (Wildman–Crippen LogP) is 4.18. The Morgan fingerprint density at radius 2 is 1.70 bits per heavy atom. The van der Waals surface area contributed by atoms with E-state index in [9.17, 15) is 0 Å². The molecule has 0 unspecified atom stereocenters. The van der Waals surface area contributed by atoms with E-state index in [1.807, 2.05) is 0 Å². The van der Waals surface area contributed by atoms with Gasteiger partial charge in [-0.1, -0.05) is 43.7 Å². The first-order valence-electron chi connectivity index (χ1n) is 7.49. The molecular weight excluding hydrogens is 244 g/mol. The molecule has 0 amide bonds. The third kappa shape index (κ3) is 2.60. The van der Waals surface area contributed by atoms with Crippen LogP contribution in [0.2, 0.25) is 0 Å². The maximum atomic E-state index is 4.42. The zero-order valence-corrected chi connectivity index (χ0v) is 12.6. The van der Waals surface area contributed by atoms with Crippen LogP contribution < -0.4 is 0 Å². The lowest BCUT2D eigenvalue weighted by atomic mass is 9.90. The number of rotatable bonds is 4. The third-order valence-corrected chi connectivity index (χ3v) is 4.37. The highest BCUT2D eigenvalue weighted by atomic mass is 15.1. The zero-order valence-electron chi connectivity index (χ0n) is 12.6. The highest BCUT2D eigenvalue weighted by Crippen LogP contribution is 2.50. The standard InChI is InChI=1S/C18H22N2/c1-13(2)17-9-8-16(19-20-17)12-18(10-11-18)15-6-4-14(3)5-7-15/h4-9,13H,10-12H2,1-3H3. The molecule has 1 fully saturated rings. The van der Waals surface area contributed by atoms with E-state index in [4.69, 9.17) is 0 Å². The van der Waals surface area contributed by atoms with Gasteiger partial charge in [0, 0.05) is 11.8 Å².